The fourth-order valence-corrected chi connectivity index (χ4v) is 2.70. The van der Waals surface area contributed by atoms with Gasteiger partial charge in [0.2, 0.25) is 0 Å². The number of thiazole rings is 1. The maximum absolute atomic E-state index is 12.4. The van der Waals surface area contributed by atoms with Gasteiger partial charge in [0.05, 0.1) is 11.1 Å². The topological polar surface area (TPSA) is 72.0 Å². The van der Waals surface area contributed by atoms with Gasteiger partial charge in [-0.25, -0.2) is 4.98 Å². The number of aromatic nitrogens is 2. The van der Waals surface area contributed by atoms with Gasteiger partial charge in [-0.15, -0.1) is 11.3 Å². The Bertz CT molecular complexity index is 836. The molecule has 0 aliphatic carbocycles. The predicted octanol–water partition coefficient (Wildman–Crippen LogP) is 3.15. The Morgan fingerprint density at radius 1 is 1.19 bits per heavy atom. The lowest BCUT2D eigenvalue weighted by Crippen LogP contribution is -2.12. The van der Waals surface area contributed by atoms with E-state index in [4.69, 9.17) is 0 Å². The van der Waals surface area contributed by atoms with Gasteiger partial charge in [-0.1, -0.05) is 18.2 Å². The van der Waals surface area contributed by atoms with E-state index in [9.17, 15) is 9.59 Å². The summed E-state index contributed by atoms with van der Waals surface area (Å²) in [6.45, 7) is 1.44. The van der Waals surface area contributed by atoms with Crippen molar-refractivity contribution in [1.82, 2.24) is 9.97 Å². The second kappa shape index (κ2) is 5.41. The van der Waals surface area contributed by atoms with Crippen molar-refractivity contribution in [1.29, 1.82) is 0 Å². The summed E-state index contributed by atoms with van der Waals surface area (Å²) in [5.41, 5.74) is 1.64. The fourth-order valence-electron chi connectivity index (χ4n) is 1.95. The van der Waals surface area contributed by atoms with E-state index in [-0.39, 0.29) is 11.7 Å². The quantitative estimate of drug-likeness (QED) is 0.754. The lowest BCUT2D eigenvalue weighted by molar-refractivity contribution is 0.100. The molecule has 104 valence electrons. The van der Waals surface area contributed by atoms with Gasteiger partial charge in [0.15, 0.2) is 10.9 Å². The highest BCUT2D eigenvalue weighted by molar-refractivity contribution is 7.14. The Hall–Kier alpha value is -2.60. The molecular formula is C15H11N3O2S. The number of pyridine rings is 1. The summed E-state index contributed by atoms with van der Waals surface area (Å²) in [4.78, 5) is 31.9. The third-order valence-electron chi connectivity index (χ3n) is 2.98. The zero-order valence-electron chi connectivity index (χ0n) is 11.2. The number of carbonyl (C=O) groups excluding carboxylic acids is 2. The van der Waals surface area contributed by atoms with Gasteiger partial charge in [-0.2, -0.15) is 0 Å². The number of fused-ring (bicyclic) bond motifs is 1. The Morgan fingerprint density at radius 3 is 2.76 bits per heavy atom. The average molecular weight is 297 g/mol. The number of Topliss-reactive ketones (excluding diaryl/α,β-unsaturated/α-hetero) is 1. The third kappa shape index (κ3) is 2.66. The number of hydrogen-bond acceptors (Lipinski definition) is 5. The van der Waals surface area contributed by atoms with Crippen molar-refractivity contribution in [2.75, 3.05) is 5.32 Å². The minimum Gasteiger partial charge on any atom is -0.298 e. The van der Waals surface area contributed by atoms with Crippen LogP contribution in [0.3, 0.4) is 0 Å². The Labute approximate surface area is 124 Å². The first-order chi connectivity index (χ1) is 10.1. The maximum Gasteiger partial charge on any atom is 0.258 e. The summed E-state index contributed by atoms with van der Waals surface area (Å²) in [5.74, 6) is -0.390. The van der Waals surface area contributed by atoms with Crippen LogP contribution in [0.15, 0.2) is 41.9 Å². The normalized spacial score (nSPS) is 10.5. The van der Waals surface area contributed by atoms with E-state index in [0.29, 0.717) is 16.4 Å². The maximum atomic E-state index is 12.4. The van der Waals surface area contributed by atoms with Crippen LogP contribution >= 0.6 is 11.3 Å². The van der Waals surface area contributed by atoms with Crippen molar-refractivity contribution < 1.29 is 9.59 Å². The Morgan fingerprint density at radius 2 is 2.00 bits per heavy atom. The fraction of sp³-hybridized carbons (Fsp3) is 0.0667. The van der Waals surface area contributed by atoms with Crippen LogP contribution in [0, 0.1) is 0 Å². The molecule has 0 unspecified atom stereocenters. The number of ketones is 1. The molecule has 6 heteroatoms. The molecule has 2 heterocycles. The summed E-state index contributed by atoms with van der Waals surface area (Å²) in [6, 6.07) is 9.09. The monoisotopic (exact) mass is 297 g/mol. The number of amides is 1. The lowest BCUT2D eigenvalue weighted by atomic mass is 10.1. The molecule has 0 spiro atoms. The average Bonchev–Trinajstić information content (AvgIpc) is 2.95. The highest BCUT2D eigenvalue weighted by atomic mass is 32.1. The molecule has 0 aliphatic heterocycles. The van der Waals surface area contributed by atoms with Crippen molar-refractivity contribution in [3.63, 3.8) is 0 Å². The smallest absolute Gasteiger partial charge is 0.258 e. The van der Waals surface area contributed by atoms with Crippen LogP contribution in [0.25, 0.3) is 10.9 Å². The summed E-state index contributed by atoms with van der Waals surface area (Å²) in [5, 5.41) is 5.53. The molecule has 5 nitrogen and oxygen atoms in total. The number of nitrogens with zero attached hydrogens (tertiary/aromatic N) is 2. The van der Waals surface area contributed by atoms with Crippen molar-refractivity contribution >= 4 is 39.1 Å². The van der Waals surface area contributed by atoms with E-state index in [2.05, 4.69) is 15.3 Å². The molecule has 0 aliphatic rings. The number of anilines is 1. The number of para-hydroxylation sites is 1. The van der Waals surface area contributed by atoms with E-state index in [1.807, 2.05) is 24.3 Å². The molecule has 2 aromatic heterocycles. The van der Waals surface area contributed by atoms with Gasteiger partial charge < -0.3 is 0 Å². The van der Waals surface area contributed by atoms with Gasteiger partial charge in [0, 0.05) is 23.9 Å². The molecule has 0 saturated heterocycles. The summed E-state index contributed by atoms with van der Waals surface area (Å²) < 4.78 is 0. The molecule has 21 heavy (non-hydrogen) atoms. The number of nitrogens with one attached hydrogen (secondary N) is 1. The van der Waals surface area contributed by atoms with Crippen LogP contribution in [0.2, 0.25) is 0 Å². The SMILES string of the molecule is CC(=O)c1csc(NC(=O)c2ccnc3ccccc23)n1. The molecule has 1 N–H and O–H groups in total. The summed E-state index contributed by atoms with van der Waals surface area (Å²) in [7, 11) is 0. The van der Waals surface area contributed by atoms with Crippen LogP contribution < -0.4 is 5.32 Å². The van der Waals surface area contributed by atoms with E-state index >= 15 is 0 Å². The number of carbonyl (C=O) groups is 2. The van der Waals surface area contributed by atoms with E-state index < -0.39 is 0 Å². The van der Waals surface area contributed by atoms with Crippen LogP contribution in [0.5, 0.6) is 0 Å². The number of benzene rings is 1. The van der Waals surface area contributed by atoms with Crippen molar-refractivity contribution in [2.45, 2.75) is 6.92 Å². The van der Waals surface area contributed by atoms with Gasteiger partial charge in [0.1, 0.15) is 5.69 Å². The first kappa shape index (κ1) is 13.4. The Balaban J connectivity index is 1.91. The highest BCUT2D eigenvalue weighted by Crippen LogP contribution is 2.20. The van der Waals surface area contributed by atoms with E-state index in [1.165, 1.54) is 18.3 Å². The number of rotatable bonds is 3. The molecule has 1 amide bonds. The molecule has 0 fully saturated rings. The van der Waals surface area contributed by atoms with Gasteiger partial charge >= 0.3 is 0 Å². The predicted molar refractivity (Wildman–Crippen MR) is 81.8 cm³/mol. The van der Waals surface area contributed by atoms with Crippen LogP contribution in [0.4, 0.5) is 5.13 Å². The van der Waals surface area contributed by atoms with E-state index in [1.54, 1.807) is 17.6 Å². The standard InChI is InChI=1S/C15H11N3O2S/c1-9(19)13-8-21-15(17-13)18-14(20)11-6-7-16-12-5-3-2-4-10(11)12/h2-8H,1H3,(H,17,18,20). The van der Waals surface area contributed by atoms with Crippen molar-refractivity contribution in [3.05, 3.63) is 53.2 Å². The minimum absolute atomic E-state index is 0.124. The molecule has 0 atom stereocenters. The lowest BCUT2D eigenvalue weighted by Gasteiger charge is -2.05. The molecule has 3 rings (SSSR count). The number of hydrogen-bond donors (Lipinski definition) is 1. The second-order valence-corrected chi connectivity index (χ2v) is 5.28. The molecule has 3 aromatic rings. The minimum atomic E-state index is -0.266. The van der Waals surface area contributed by atoms with Crippen LogP contribution in [-0.2, 0) is 0 Å². The molecular weight excluding hydrogens is 286 g/mol. The van der Waals surface area contributed by atoms with Gasteiger partial charge in [0.25, 0.3) is 5.91 Å². The van der Waals surface area contributed by atoms with Gasteiger partial charge in [-0.05, 0) is 12.1 Å². The largest absolute Gasteiger partial charge is 0.298 e. The Kier molecular flexibility index (Phi) is 3.45. The zero-order valence-corrected chi connectivity index (χ0v) is 12.0. The first-order valence-electron chi connectivity index (χ1n) is 6.27. The highest BCUT2D eigenvalue weighted by Gasteiger charge is 2.13. The molecule has 0 bridgehead atoms. The van der Waals surface area contributed by atoms with E-state index in [0.717, 1.165) is 10.9 Å². The summed E-state index contributed by atoms with van der Waals surface area (Å²) >= 11 is 1.23. The molecule has 0 radical (unpaired) electrons. The first-order valence-corrected chi connectivity index (χ1v) is 7.14. The summed E-state index contributed by atoms with van der Waals surface area (Å²) in [6.07, 6.45) is 1.60. The van der Waals surface area contributed by atoms with Gasteiger partial charge in [-0.3, -0.25) is 19.9 Å². The van der Waals surface area contributed by atoms with Crippen molar-refractivity contribution in [3.8, 4) is 0 Å². The van der Waals surface area contributed by atoms with Crippen LogP contribution in [-0.4, -0.2) is 21.7 Å². The second-order valence-electron chi connectivity index (χ2n) is 4.42. The third-order valence-corrected chi connectivity index (χ3v) is 3.74. The molecule has 0 saturated carbocycles. The zero-order chi connectivity index (χ0) is 14.8. The van der Waals surface area contributed by atoms with Crippen molar-refractivity contribution in [2.24, 2.45) is 0 Å². The van der Waals surface area contributed by atoms with Crippen LogP contribution in [0.1, 0.15) is 27.8 Å². The molecule has 1 aromatic carbocycles.